The Balaban J connectivity index is 1.89. The van der Waals surface area contributed by atoms with E-state index in [2.05, 4.69) is 9.73 Å². The van der Waals surface area contributed by atoms with Crippen LogP contribution in [0, 0.1) is 0 Å². The van der Waals surface area contributed by atoms with Gasteiger partial charge in [0.1, 0.15) is 5.75 Å². The van der Waals surface area contributed by atoms with Crippen molar-refractivity contribution < 1.29 is 28.5 Å². The highest BCUT2D eigenvalue weighted by molar-refractivity contribution is 8.18. The molecule has 0 aromatic heterocycles. The number of hydrogen-bond acceptors (Lipinski definition) is 8. The van der Waals surface area contributed by atoms with Crippen molar-refractivity contribution >= 4 is 52.2 Å². The molecule has 2 aromatic rings. The quantitative estimate of drug-likeness (QED) is 0.396. The molecular weight excluding hydrogens is 468 g/mol. The summed E-state index contributed by atoms with van der Waals surface area (Å²) in [6.45, 7) is 2.05. The Morgan fingerprint density at radius 3 is 2.48 bits per heavy atom. The third-order valence-corrected chi connectivity index (χ3v) is 5.90. The van der Waals surface area contributed by atoms with Crippen LogP contribution in [-0.4, -0.2) is 56.4 Å². The van der Waals surface area contributed by atoms with Crippen molar-refractivity contribution in [2.24, 2.45) is 4.99 Å². The molecule has 0 radical (unpaired) electrons. The van der Waals surface area contributed by atoms with Crippen LogP contribution in [0.15, 0.2) is 46.3 Å². The molecule has 33 heavy (non-hydrogen) atoms. The van der Waals surface area contributed by atoms with E-state index in [-0.39, 0.29) is 23.3 Å². The maximum Gasteiger partial charge on any atom is 0.343 e. The van der Waals surface area contributed by atoms with E-state index in [0.29, 0.717) is 33.6 Å². The van der Waals surface area contributed by atoms with Crippen molar-refractivity contribution in [2.45, 2.75) is 6.92 Å². The number of nitrogens with zero attached hydrogens (tertiary/aromatic N) is 2. The van der Waals surface area contributed by atoms with Gasteiger partial charge in [0.25, 0.3) is 5.91 Å². The van der Waals surface area contributed by atoms with Crippen LogP contribution >= 0.6 is 23.4 Å². The Bertz CT molecular complexity index is 1100. The predicted molar refractivity (Wildman–Crippen MR) is 129 cm³/mol. The summed E-state index contributed by atoms with van der Waals surface area (Å²) in [5.41, 5.74) is 1.35. The van der Waals surface area contributed by atoms with Gasteiger partial charge in [-0.05, 0) is 66.7 Å². The van der Waals surface area contributed by atoms with Gasteiger partial charge in [-0.15, -0.1) is 0 Å². The topological polar surface area (TPSA) is 86.7 Å². The number of carbonyl (C=O) groups is 2. The molecule has 0 bridgehead atoms. The van der Waals surface area contributed by atoms with Gasteiger partial charge >= 0.3 is 5.97 Å². The van der Waals surface area contributed by atoms with Crippen molar-refractivity contribution in [3.05, 3.63) is 51.9 Å². The van der Waals surface area contributed by atoms with E-state index >= 15 is 0 Å². The van der Waals surface area contributed by atoms with E-state index in [1.54, 1.807) is 30.2 Å². The molecule has 0 saturated carbocycles. The van der Waals surface area contributed by atoms with Gasteiger partial charge in [-0.2, -0.15) is 0 Å². The molecule has 8 nitrogen and oxygen atoms in total. The summed E-state index contributed by atoms with van der Waals surface area (Å²) in [6.07, 6.45) is 1.71. The molecule has 3 rings (SSSR count). The highest BCUT2D eigenvalue weighted by Gasteiger charge is 2.32. The van der Waals surface area contributed by atoms with Crippen molar-refractivity contribution in [1.82, 2.24) is 4.90 Å². The summed E-state index contributed by atoms with van der Waals surface area (Å²) in [6, 6.07) is 10.6. The zero-order valence-electron chi connectivity index (χ0n) is 18.6. The molecule has 2 aromatic carbocycles. The predicted octanol–water partition coefficient (Wildman–Crippen LogP) is 4.53. The third kappa shape index (κ3) is 5.80. The first-order valence-electron chi connectivity index (χ1n) is 9.91. The Morgan fingerprint density at radius 1 is 1.15 bits per heavy atom. The molecule has 174 valence electrons. The summed E-state index contributed by atoms with van der Waals surface area (Å²) in [4.78, 5) is 31.0. The summed E-state index contributed by atoms with van der Waals surface area (Å²) in [5, 5.41) is 0.815. The van der Waals surface area contributed by atoms with E-state index in [9.17, 15) is 9.59 Å². The van der Waals surface area contributed by atoms with Crippen LogP contribution in [0.5, 0.6) is 17.2 Å². The highest BCUT2D eigenvalue weighted by Crippen LogP contribution is 2.39. The molecule has 0 unspecified atom stereocenters. The highest BCUT2D eigenvalue weighted by atomic mass is 35.5. The minimum absolute atomic E-state index is 0.157. The molecule has 1 amide bonds. The van der Waals surface area contributed by atoms with Gasteiger partial charge in [0.2, 0.25) is 0 Å². The number of ether oxygens (including phenoxy) is 4. The minimum atomic E-state index is -0.546. The van der Waals surface area contributed by atoms with E-state index in [1.165, 1.54) is 26.0 Å². The monoisotopic (exact) mass is 490 g/mol. The molecule has 0 atom stereocenters. The van der Waals surface area contributed by atoms with Gasteiger partial charge in [0, 0.05) is 6.54 Å². The van der Waals surface area contributed by atoms with Crippen LogP contribution < -0.4 is 14.2 Å². The average Bonchev–Trinajstić information content (AvgIpc) is 3.11. The molecule has 0 aliphatic carbocycles. The zero-order chi connectivity index (χ0) is 24.0. The van der Waals surface area contributed by atoms with E-state index in [1.807, 2.05) is 31.2 Å². The maximum absolute atomic E-state index is 13.0. The fourth-order valence-corrected chi connectivity index (χ4v) is 4.28. The number of carbonyl (C=O) groups excluding carboxylic acids is 2. The second kappa shape index (κ2) is 11.1. The van der Waals surface area contributed by atoms with Crippen molar-refractivity contribution in [2.75, 3.05) is 34.5 Å². The Kier molecular flexibility index (Phi) is 8.24. The largest absolute Gasteiger partial charge is 0.497 e. The Hall–Kier alpha value is -3.17. The molecule has 1 fully saturated rings. The van der Waals surface area contributed by atoms with Crippen molar-refractivity contribution in [1.29, 1.82) is 0 Å². The molecule has 1 heterocycles. The number of likely N-dealkylation sites (N-methyl/N-ethyl adjacent to an activating group) is 1. The lowest BCUT2D eigenvalue weighted by atomic mass is 10.1. The smallest absolute Gasteiger partial charge is 0.343 e. The van der Waals surface area contributed by atoms with E-state index in [0.717, 1.165) is 5.75 Å². The number of methoxy groups -OCH3 is 3. The lowest BCUT2D eigenvalue weighted by molar-refractivity contribution is -0.142. The van der Waals surface area contributed by atoms with Gasteiger partial charge in [0.15, 0.2) is 23.3 Å². The van der Waals surface area contributed by atoms with Gasteiger partial charge in [0.05, 0.1) is 36.9 Å². The number of hydrogen-bond donors (Lipinski definition) is 0. The number of rotatable bonds is 8. The summed E-state index contributed by atoms with van der Waals surface area (Å²) < 4.78 is 20.5. The van der Waals surface area contributed by atoms with Gasteiger partial charge < -0.3 is 18.9 Å². The van der Waals surface area contributed by atoms with Crippen LogP contribution in [0.1, 0.15) is 12.5 Å². The Morgan fingerprint density at radius 2 is 1.88 bits per heavy atom. The van der Waals surface area contributed by atoms with Gasteiger partial charge in [-0.25, -0.2) is 9.79 Å². The molecule has 0 spiro atoms. The first kappa shape index (κ1) is 24.5. The van der Waals surface area contributed by atoms with Crippen LogP contribution in [0.25, 0.3) is 6.08 Å². The third-order valence-electron chi connectivity index (χ3n) is 4.61. The minimum Gasteiger partial charge on any atom is -0.497 e. The zero-order valence-corrected chi connectivity index (χ0v) is 20.2. The lowest BCUT2D eigenvalue weighted by Gasteiger charge is -2.13. The van der Waals surface area contributed by atoms with Crippen molar-refractivity contribution in [3.63, 3.8) is 0 Å². The molecule has 1 saturated heterocycles. The Labute approximate surface area is 201 Å². The average molecular weight is 491 g/mol. The first-order chi connectivity index (χ1) is 15.9. The van der Waals surface area contributed by atoms with Crippen LogP contribution in [0.4, 0.5) is 5.69 Å². The number of thioether (sulfide) groups is 1. The van der Waals surface area contributed by atoms with Crippen molar-refractivity contribution in [3.8, 4) is 17.2 Å². The lowest BCUT2D eigenvalue weighted by Crippen LogP contribution is -2.28. The second-order valence-corrected chi connectivity index (χ2v) is 8.07. The molecule has 1 aliphatic heterocycles. The molecule has 10 heteroatoms. The second-order valence-electron chi connectivity index (χ2n) is 6.65. The normalized spacial score (nSPS) is 15.8. The number of halogens is 1. The fraction of sp³-hybridized carbons (Fsp3) is 0.261. The van der Waals surface area contributed by atoms with E-state index < -0.39 is 5.97 Å². The van der Waals surface area contributed by atoms with E-state index in [4.69, 9.17) is 25.8 Å². The number of amides is 1. The molecule has 1 aliphatic rings. The SMILES string of the molecule is CCN1C(=O)/C(=C\c2cc(Cl)c(OCC(=O)OC)c(OC)c2)SC1=Nc1ccc(OC)cc1. The standard InChI is InChI=1S/C23H23ClN2O6S/c1-5-26-22(28)19(33-23(26)25-15-6-8-16(29-2)9-7-15)12-14-10-17(24)21(18(11-14)30-3)32-13-20(27)31-4/h6-12H,5,13H2,1-4H3/b19-12+,25-23?. The van der Waals surface area contributed by atoms with Crippen LogP contribution in [0.3, 0.4) is 0 Å². The summed E-state index contributed by atoms with van der Waals surface area (Å²) in [7, 11) is 4.32. The summed E-state index contributed by atoms with van der Waals surface area (Å²) in [5.74, 6) is 0.570. The van der Waals surface area contributed by atoms with Gasteiger partial charge in [-0.3, -0.25) is 9.69 Å². The van der Waals surface area contributed by atoms with Gasteiger partial charge in [-0.1, -0.05) is 11.6 Å². The first-order valence-corrected chi connectivity index (χ1v) is 11.1. The fourth-order valence-electron chi connectivity index (χ4n) is 2.94. The summed E-state index contributed by atoms with van der Waals surface area (Å²) >= 11 is 7.63. The van der Waals surface area contributed by atoms with Crippen LogP contribution in [-0.2, 0) is 14.3 Å². The maximum atomic E-state index is 13.0. The number of aliphatic imine (C=N–C) groups is 1. The number of amidine groups is 1. The number of benzene rings is 2. The number of esters is 1. The van der Waals surface area contributed by atoms with Crippen LogP contribution in [0.2, 0.25) is 5.02 Å². The molecular formula is C23H23ClN2O6S. The molecule has 0 N–H and O–H groups in total.